The average Bonchev–Trinajstić information content (AvgIpc) is 2.94. The minimum atomic E-state index is -2.94. The van der Waals surface area contributed by atoms with E-state index in [9.17, 15) is 8.78 Å². The number of nitrogens with two attached hydrogens (primary N) is 1. The molecule has 0 saturated heterocycles. The zero-order chi connectivity index (χ0) is 17.7. The Morgan fingerprint density at radius 1 is 1.32 bits per heavy atom. The Morgan fingerprint density at radius 2 is 2.12 bits per heavy atom. The van der Waals surface area contributed by atoms with Crippen molar-refractivity contribution in [2.75, 3.05) is 5.73 Å². The third kappa shape index (κ3) is 2.77. The van der Waals surface area contributed by atoms with Crippen LogP contribution in [-0.2, 0) is 0 Å². The maximum absolute atomic E-state index is 12.5. The van der Waals surface area contributed by atoms with Gasteiger partial charge in [-0.3, -0.25) is 4.68 Å². The highest BCUT2D eigenvalue weighted by Crippen LogP contribution is 2.57. The molecule has 0 bridgehead atoms. The summed E-state index contributed by atoms with van der Waals surface area (Å²) in [5.41, 5.74) is 11.0. The quantitative estimate of drug-likeness (QED) is 0.878. The normalized spacial score (nSPS) is 19.0. The van der Waals surface area contributed by atoms with Crippen molar-refractivity contribution >= 4 is 11.4 Å². The lowest BCUT2D eigenvalue weighted by Gasteiger charge is -2.10. The van der Waals surface area contributed by atoms with Crippen LogP contribution in [0.2, 0.25) is 0 Å². The smallest absolute Gasteiger partial charge is 0.387 e. The molecule has 2 aromatic rings. The van der Waals surface area contributed by atoms with E-state index in [4.69, 9.17) is 5.73 Å². The number of nitrogen functional groups attached to an aromatic ring is 1. The van der Waals surface area contributed by atoms with Crippen LogP contribution < -0.4 is 10.5 Å². The number of anilines is 1. The highest BCUT2D eigenvalue weighted by atomic mass is 19.3. The van der Waals surface area contributed by atoms with Crippen LogP contribution in [-0.4, -0.2) is 21.4 Å². The highest BCUT2D eigenvalue weighted by molar-refractivity contribution is 5.86. The number of aromatic nitrogens is 3. The lowest BCUT2D eigenvalue weighted by atomic mass is 10.1. The predicted octanol–water partition coefficient (Wildman–Crippen LogP) is 4.28. The first kappa shape index (κ1) is 16.1. The predicted molar refractivity (Wildman–Crippen MR) is 91.1 cm³/mol. The van der Waals surface area contributed by atoms with Gasteiger partial charge in [-0.15, -0.1) is 0 Å². The van der Waals surface area contributed by atoms with Crippen LogP contribution in [0.5, 0.6) is 5.75 Å². The third-order valence-corrected chi connectivity index (χ3v) is 4.87. The lowest BCUT2D eigenvalue weighted by Crippen LogP contribution is -2.07. The van der Waals surface area contributed by atoms with Gasteiger partial charge in [0.05, 0.1) is 11.4 Å². The zero-order valence-corrected chi connectivity index (χ0v) is 14.2. The van der Waals surface area contributed by atoms with Gasteiger partial charge >= 0.3 is 6.61 Å². The highest BCUT2D eigenvalue weighted by Gasteiger charge is 2.42. The molecular weight excluding hydrogens is 326 g/mol. The maximum atomic E-state index is 12.5. The van der Waals surface area contributed by atoms with E-state index in [-0.39, 0.29) is 17.6 Å². The second-order valence-corrected chi connectivity index (χ2v) is 6.82. The van der Waals surface area contributed by atoms with Gasteiger partial charge in [-0.2, -0.15) is 13.9 Å². The second-order valence-electron chi connectivity index (χ2n) is 6.82. The third-order valence-electron chi connectivity index (χ3n) is 4.87. The fraction of sp³-hybridized carbons (Fsp3) is 0.444. The minimum Gasteiger partial charge on any atom is -0.431 e. The summed E-state index contributed by atoms with van der Waals surface area (Å²) in [7, 11) is 0. The number of pyridine rings is 1. The average molecular weight is 346 g/mol. The number of nitrogens with zero attached hydrogens (tertiary/aromatic N) is 3. The summed E-state index contributed by atoms with van der Waals surface area (Å²) in [4.78, 5) is 3.97. The van der Waals surface area contributed by atoms with Crippen LogP contribution >= 0.6 is 0 Å². The van der Waals surface area contributed by atoms with Crippen molar-refractivity contribution in [1.82, 2.24) is 14.8 Å². The summed E-state index contributed by atoms with van der Waals surface area (Å²) in [6.45, 7) is 1.22. The summed E-state index contributed by atoms with van der Waals surface area (Å²) >= 11 is 0. The number of alkyl halides is 2. The van der Waals surface area contributed by atoms with Gasteiger partial charge in [-0.25, -0.2) is 4.98 Å². The van der Waals surface area contributed by atoms with E-state index in [2.05, 4.69) is 28.7 Å². The van der Waals surface area contributed by atoms with E-state index < -0.39 is 6.61 Å². The molecule has 2 aliphatic rings. The molecule has 2 heterocycles. The van der Waals surface area contributed by atoms with E-state index in [0.29, 0.717) is 17.2 Å². The van der Waals surface area contributed by atoms with Crippen molar-refractivity contribution in [3.63, 3.8) is 0 Å². The molecule has 25 heavy (non-hydrogen) atoms. The van der Waals surface area contributed by atoms with E-state index >= 15 is 0 Å². The van der Waals surface area contributed by atoms with Crippen molar-refractivity contribution < 1.29 is 13.5 Å². The number of rotatable bonds is 5. The Balaban J connectivity index is 1.73. The molecule has 0 aromatic carbocycles. The maximum Gasteiger partial charge on any atom is 0.387 e. The van der Waals surface area contributed by atoms with Crippen molar-refractivity contribution in [1.29, 1.82) is 0 Å². The lowest BCUT2D eigenvalue weighted by molar-refractivity contribution is -0.0494. The van der Waals surface area contributed by atoms with Crippen molar-refractivity contribution in [3.8, 4) is 17.0 Å². The van der Waals surface area contributed by atoms with Gasteiger partial charge in [0.2, 0.25) is 0 Å². The Bertz CT molecular complexity index is 857. The van der Waals surface area contributed by atoms with Gasteiger partial charge < -0.3 is 10.5 Å². The first-order chi connectivity index (χ1) is 12.0. The molecule has 0 spiro atoms. The molecule has 1 atom stereocenters. The van der Waals surface area contributed by atoms with Crippen molar-refractivity contribution in [3.05, 3.63) is 29.6 Å². The number of halogens is 2. The molecule has 0 aliphatic heterocycles. The van der Waals surface area contributed by atoms with Gasteiger partial charge in [0.1, 0.15) is 0 Å². The molecule has 4 rings (SSSR count). The SMILES string of the molecule is CC(C)n1nc(-c2cnc(N)c(OC(F)F)c2)cc1C1=C2CCC[C@H]21. The molecule has 0 radical (unpaired) electrons. The van der Waals surface area contributed by atoms with Gasteiger partial charge in [-0.1, -0.05) is 5.57 Å². The zero-order valence-electron chi connectivity index (χ0n) is 14.2. The van der Waals surface area contributed by atoms with Crippen LogP contribution in [0.15, 0.2) is 23.9 Å². The molecule has 132 valence electrons. The molecule has 0 amide bonds. The van der Waals surface area contributed by atoms with E-state index in [1.54, 1.807) is 5.57 Å². The number of ether oxygens (including phenoxy) is 1. The summed E-state index contributed by atoms with van der Waals surface area (Å²) in [5.74, 6) is 0.428. The molecule has 2 N–H and O–H groups in total. The monoisotopic (exact) mass is 346 g/mol. The van der Waals surface area contributed by atoms with Crippen LogP contribution in [0.3, 0.4) is 0 Å². The summed E-state index contributed by atoms with van der Waals surface area (Å²) in [5, 5.41) is 4.68. The van der Waals surface area contributed by atoms with Crippen LogP contribution in [0.4, 0.5) is 14.6 Å². The largest absolute Gasteiger partial charge is 0.431 e. The molecule has 5 nitrogen and oxygen atoms in total. The molecule has 2 aliphatic carbocycles. The molecule has 1 fully saturated rings. The Labute approximate surface area is 144 Å². The van der Waals surface area contributed by atoms with Gasteiger partial charge in [0.25, 0.3) is 0 Å². The van der Waals surface area contributed by atoms with Gasteiger partial charge in [0.15, 0.2) is 11.6 Å². The summed E-state index contributed by atoms with van der Waals surface area (Å²) in [6, 6.07) is 3.69. The molecular formula is C18H20F2N4O. The van der Waals surface area contributed by atoms with E-state index in [1.807, 2.05) is 10.7 Å². The molecule has 7 heteroatoms. The van der Waals surface area contributed by atoms with Crippen LogP contribution in [0.25, 0.3) is 16.8 Å². The molecule has 1 saturated carbocycles. The summed E-state index contributed by atoms with van der Waals surface area (Å²) < 4.78 is 31.5. The number of allylic oxidation sites excluding steroid dienone is 2. The molecule has 2 aromatic heterocycles. The number of fused-ring (bicyclic) bond motifs is 1. The fourth-order valence-electron chi connectivity index (χ4n) is 3.70. The van der Waals surface area contributed by atoms with E-state index in [0.717, 1.165) is 5.69 Å². The van der Waals surface area contributed by atoms with Gasteiger partial charge in [-0.05, 0) is 50.8 Å². The summed E-state index contributed by atoms with van der Waals surface area (Å²) in [6.07, 6.45) is 5.20. The van der Waals surface area contributed by atoms with Crippen LogP contribution in [0, 0.1) is 5.92 Å². The Morgan fingerprint density at radius 3 is 2.76 bits per heavy atom. The minimum absolute atomic E-state index is 0.0609. The van der Waals surface area contributed by atoms with Crippen molar-refractivity contribution in [2.24, 2.45) is 5.92 Å². The fourth-order valence-corrected chi connectivity index (χ4v) is 3.70. The van der Waals surface area contributed by atoms with Crippen molar-refractivity contribution in [2.45, 2.75) is 45.8 Å². The topological polar surface area (TPSA) is 66.0 Å². The number of hydrogen-bond donors (Lipinski definition) is 1. The van der Waals surface area contributed by atoms with Gasteiger partial charge in [0, 0.05) is 23.7 Å². The first-order valence-corrected chi connectivity index (χ1v) is 8.49. The second kappa shape index (κ2) is 5.82. The Kier molecular flexibility index (Phi) is 3.74. The van der Waals surface area contributed by atoms with Crippen LogP contribution in [0.1, 0.15) is 44.8 Å². The van der Waals surface area contributed by atoms with E-state index in [1.165, 1.54) is 37.1 Å². The number of hydrogen-bond acceptors (Lipinski definition) is 4. The standard InChI is InChI=1S/C18H20F2N4O/c1-9(2)24-14(16-11-4-3-5-12(11)16)7-13(23-24)10-6-15(25-18(19)20)17(21)22-8-10/h6-9,11,18H,3-5H2,1-2H3,(H2,21,22)/t11-/m1/s1. The Hall–Kier alpha value is -2.44. The molecule has 0 unspecified atom stereocenters. The first-order valence-electron chi connectivity index (χ1n) is 8.49.